The van der Waals surface area contributed by atoms with Gasteiger partial charge in [0.05, 0.1) is 7.11 Å². The standard InChI is InChI=1S/C5H6IN3O/c1-10-5-3(6)4(7)8-2-9-5/h2H,1H3,(H2,7,8,9). The summed E-state index contributed by atoms with van der Waals surface area (Å²) in [5.41, 5.74) is 5.46. The summed E-state index contributed by atoms with van der Waals surface area (Å²) in [6.07, 6.45) is 1.37. The quantitative estimate of drug-likeness (QED) is 0.745. The highest BCUT2D eigenvalue weighted by Crippen LogP contribution is 2.20. The van der Waals surface area contributed by atoms with Crippen LogP contribution >= 0.6 is 22.6 Å². The van der Waals surface area contributed by atoms with Gasteiger partial charge in [0.25, 0.3) is 0 Å². The molecule has 0 aliphatic rings. The van der Waals surface area contributed by atoms with Crippen molar-refractivity contribution < 1.29 is 4.74 Å². The monoisotopic (exact) mass is 251 g/mol. The third-order valence-corrected chi connectivity index (χ3v) is 1.99. The fourth-order valence-electron chi connectivity index (χ4n) is 0.509. The first kappa shape index (κ1) is 7.52. The van der Waals surface area contributed by atoms with E-state index < -0.39 is 0 Å². The van der Waals surface area contributed by atoms with Crippen molar-refractivity contribution in [2.24, 2.45) is 0 Å². The van der Waals surface area contributed by atoms with Crippen molar-refractivity contribution >= 4 is 28.4 Å². The molecule has 10 heavy (non-hydrogen) atoms. The van der Waals surface area contributed by atoms with E-state index in [0.717, 1.165) is 3.57 Å². The third-order valence-electron chi connectivity index (χ3n) is 0.978. The maximum Gasteiger partial charge on any atom is 0.232 e. The van der Waals surface area contributed by atoms with Gasteiger partial charge in [0.15, 0.2) is 0 Å². The van der Waals surface area contributed by atoms with Crippen LogP contribution in [0.2, 0.25) is 0 Å². The number of aromatic nitrogens is 2. The van der Waals surface area contributed by atoms with Crippen LogP contribution in [-0.2, 0) is 0 Å². The van der Waals surface area contributed by atoms with Gasteiger partial charge in [-0.15, -0.1) is 0 Å². The Bertz CT molecular complexity index is 240. The molecule has 0 unspecified atom stereocenters. The predicted molar refractivity (Wildman–Crippen MR) is 45.7 cm³/mol. The highest BCUT2D eigenvalue weighted by Gasteiger charge is 2.03. The van der Waals surface area contributed by atoms with Crippen LogP contribution < -0.4 is 10.5 Å². The van der Waals surface area contributed by atoms with Crippen LogP contribution in [-0.4, -0.2) is 17.1 Å². The molecular formula is C5H6IN3O. The van der Waals surface area contributed by atoms with Gasteiger partial charge in [-0.25, -0.2) is 9.97 Å². The normalized spacial score (nSPS) is 9.40. The summed E-state index contributed by atoms with van der Waals surface area (Å²) in [7, 11) is 1.55. The number of ether oxygens (including phenoxy) is 1. The first-order valence-corrected chi connectivity index (χ1v) is 3.63. The molecule has 0 aliphatic heterocycles. The topological polar surface area (TPSA) is 61.0 Å². The van der Waals surface area contributed by atoms with Crippen LogP contribution in [0.1, 0.15) is 0 Å². The molecule has 1 rings (SSSR count). The molecule has 0 aromatic carbocycles. The zero-order chi connectivity index (χ0) is 7.56. The Morgan fingerprint density at radius 1 is 1.60 bits per heavy atom. The second-order valence-electron chi connectivity index (χ2n) is 1.58. The number of halogens is 1. The molecule has 1 heterocycles. The number of nitrogens with zero attached hydrogens (tertiary/aromatic N) is 2. The molecule has 2 N–H and O–H groups in total. The molecular weight excluding hydrogens is 245 g/mol. The molecule has 0 fully saturated rings. The summed E-state index contributed by atoms with van der Waals surface area (Å²) >= 11 is 2.03. The number of hydrogen-bond donors (Lipinski definition) is 1. The van der Waals surface area contributed by atoms with Gasteiger partial charge in [0, 0.05) is 0 Å². The molecule has 0 radical (unpaired) electrons. The molecule has 0 aliphatic carbocycles. The lowest BCUT2D eigenvalue weighted by atomic mass is 10.6. The number of nitrogens with two attached hydrogens (primary N) is 1. The summed E-state index contributed by atoms with van der Waals surface area (Å²) in [5.74, 6) is 0.973. The van der Waals surface area contributed by atoms with E-state index in [4.69, 9.17) is 10.5 Å². The molecule has 1 aromatic heterocycles. The Morgan fingerprint density at radius 3 is 2.80 bits per heavy atom. The summed E-state index contributed by atoms with van der Waals surface area (Å²) in [4.78, 5) is 7.60. The van der Waals surface area contributed by atoms with E-state index in [-0.39, 0.29) is 0 Å². The van der Waals surface area contributed by atoms with Crippen LogP contribution in [0.25, 0.3) is 0 Å². The average molecular weight is 251 g/mol. The second kappa shape index (κ2) is 3.00. The highest BCUT2D eigenvalue weighted by atomic mass is 127. The lowest BCUT2D eigenvalue weighted by molar-refractivity contribution is 0.394. The fraction of sp³-hybridized carbons (Fsp3) is 0.200. The van der Waals surface area contributed by atoms with Crippen molar-refractivity contribution in [1.29, 1.82) is 0 Å². The molecule has 0 spiro atoms. The van der Waals surface area contributed by atoms with E-state index in [1.54, 1.807) is 7.11 Å². The van der Waals surface area contributed by atoms with E-state index in [1.807, 2.05) is 22.6 Å². The minimum Gasteiger partial charge on any atom is -0.480 e. The van der Waals surface area contributed by atoms with E-state index in [9.17, 15) is 0 Å². The van der Waals surface area contributed by atoms with E-state index in [0.29, 0.717) is 11.7 Å². The van der Waals surface area contributed by atoms with Crippen molar-refractivity contribution in [1.82, 2.24) is 9.97 Å². The SMILES string of the molecule is COc1ncnc(N)c1I. The molecule has 0 bridgehead atoms. The number of methoxy groups -OCH3 is 1. The maximum atomic E-state index is 5.46. The first-order chi connectivity index (χ1) is 4.75. The Morgan fingerprint density at radius 2 is 2.30 bits per heavy atom. The predicted octanol–water partition coefficient (Wildman–Crippen LogP) is 0.672. The smallest absolute Gasteiger partial charge is 0.232 e. The van der Waals surface area contributed by atoms with Gasteiger partial charge in [-0.3, -0.25) is 0 Å². The maximum absolute atomic E-state index is 5.46. The summed E-state index contributed by atoms with van der Waals surface area (Å²) < 4.78 is 5.64. The van der Waals surface area contributed by atoms with Gasteiger partial charge < -0.3 is 10.5 Å². The number of anilines is 1. The van der Waals surface area contributed by atoms with Gasteiger partial charge in [-0.2, -0.15) is 0 Å². The number of hydrogen-bond acceptors (Lipinski definition) is 4. The minimum atomic E-state index is 0.451. The molecule has 0 amide bonds. The Kier molecular flexibility index (Phi) is 2.25. The molecule has 54 valence electrons. The van der Waals surface area contributed by atoms with E-state index >= 15 is 0 Å². The molecule has 5 heteroatoms. The van der Waals surface area contributed by atoms with Crippen LogP contribution in [0.3, 0.4) is 0 Å². The fourth-order valence-corrected chi connectivity index (χ4v) is 1.01. The van der Waals surface area contributed by atoms with Crippen molar-refractivity contribution in [3.63, 3.8) is 0 Å². The zero-order valence-electron chi connectivity index (χ0n) is 5.34. The number of rotatable bonds is 1. The lowest BCUT2D eigenvalue weighted by Crippen LogP contribution is -1.98. The Hall–Kier alpha value is -0.590. The van der Waals surface area contributed by atoms with Gasteiger partial charge in [-0.1, -0.05) is 0 Å². The van der Waals surface area contributed by atoms with Crippen molar-refractivity contribution in [3.05, 3.63) is 9.90 Å². The largest absolute Gasteiger partial charge is 0.480 e. The zero-order valence-corrected chi connectivity index (χ0v) is 7.49. The van der Waals surface area contributed by atoms with Crippen LogP contribution in [0, 0.1) is 3.57 Å². The highest BCUT2D eigenvalue weighted by molar-refractivity contribution is 14.1. The summed E-state index contributed by atoms with van der Waals surface area (Å²) in [6.45, 7) is 0. The molecule has 0 saturated heterocycles. The minimum absolute atomic E-state index is 0.451. The van der Waals surface area contributed by atoms with Crippen molar-refractivity contribution in [3.8, 4) is 5.88 Å². The number of nitrogen functional groups attached to an aromatic ring is 1. The van der Waals surface area contributed by atoms with Gasteiger partial charge in [0.2, 0.25) is 5.88 Å². The molecule has 0 saturated carbocycles. The molecule has 1 aromatic rings. The van der Waals surface area contributed by atoms with Crippen molar-refractivity contribution in [2.45, 2.75) is 0 Å². The van der Waals surface area contributed by atoms with Gasteiger partial charge in [0.1, 0.15) is 15.7 Å². The molecule has 4 nitrogen and oxygen atoms in total. The Labute approximate surface area is 72.0 Å². The van der Waals surface area contributed by atoms with Gasteiger partial charge >= 0.3 is 0 Å². The van der Waals surface area contributed by atoms with Crippen molar-refractivity contribution in [2.75, 3.05) is 12.8 Å². The van der Waals surface area contributed by atoms with Crippen LogP contribution in [0.5, 0.6) is 5.88 Å². The Balaban J connectivity index is 3.14. The summed E-state index contributed by atoms with van der Waals surface area (Å²) in [5, 5.41) is 0. The van der Waals surface area contributed by atoms with E-state index in [2.05, 4.69) is 9.97 Å². The summed E-state index contributed by atoms with van der Waals surface area (Å²) in [6, 6.07) is 0. The second-order valence-corrected chi connectivity index (χ2v) is 2.66. The third kappa shape index (κ3) is 1.28. The van der Waals surface area contributed by atoms with Gasteiger partial charge in [-0.05, 0) is 22.6 Å². The van der Waals surface area contributed by atoms with E-state index in [1.165, 1.54) is 6.33 Å². The molecule has 0 atom stereocenters. The lowest BCUT2D eigenvalue weighted by Gasteiger charge is -2.01. The van der Waals surface area contributed by atoms with Crippen LogP contribution in [0.4, 0.5) is 5.82 Å². The van der Waals surface area contributed by atoms with Crippen LogP contribution in [0.15, 0.2) is 6.33 Å². The first-order valence-electron chi connectivity index (χ1n) is 2.55. The average Bonchev–Trinajstić information content (AvgIpc) is 1.95.